The zero-order valence-corrected chi connectivity index (χ0v) is 12.8. The number of pyridine rings is 1. The molecule has 1 N–H and O–H groups in total. The molecular formula is C14H15F3N4O3. The van der Waals surface area contributed by atoms with Crippen LogP contribution in [-0.2, 0) is 6.18 Å². The Bertz CT molecular complexity index is 874. The number of ether oxygens (including phenoxy) is 1. The van der Waals surface area contributed by atoms with E-state index in [1.807, 2.05) is 7.05 Å². The molecule has 2 aromatic rings. The SMILES string of the molecule is CN1CCC[C@H]1COc1nn2c(=O)cc(C(F)(F)F)cc2c(=O)[nH]1. The number of H-pyrrole nitrogens is 1. The molecule has 1 saturated heterocycles. The van der Waals surface area contributed by atoms with Gasteiger partial charge in [0.1, 0.15) is 12.1 Å². The van der Waals surface area contributed by atoms with Gasteiger partial charge in [0.05, 0.1) is 5.56 Å². The van der Waals surface area contributed by atoms with Crippen LogP contribution < -0.4 is 15.9 Å². The number of alkyl halides is 3. The molecule has 0 bridgehead atoms. The second kappa shape index (κ2) is 5.93. The number of halogens is 3. The molecule has 130 valence electrons. The molecule has 1 aliphatic heterocycles. The molecule has 0 amide bonds. The summed E-state index contributed by atoms with van der Waals surface area (Å²) in [5, 5.41) is 3.79. The van der Waals surface area contributed by atoms with E-state index in [2.05, 4.69) is 15.0 Å². The average Bonchev–Trinajstić information content (AvgIpc) is 2.90. The zero-order chi connectivity index (χ0) is 17.5. The lowest BCUT2D eigenvalue weighted by Crippen LogP contribution is -2.32. The van der Waals surface area contributed by atoms with Crippen LogP contribution >= 0.6 is 0 Å². The number of nitrogens with one attached hydrogen (secondary N) is 1. The number of fused-ring (bicyclic) bond motifs is 1. The summed E-state index contributed by atoms with van der Waals surface area (Å²) in [5.74, 6) is 0. The van der Waals surface area contributed by atoms with Crippen molar-refractivity contribution in [3.05, 3.63) is 38.4 Å². The average molecular weight is 344 g/mol. The number of aromatic amines is 1. The number of hydrogen-bond acceptors (Lipinski definition) is 5. The second-order valence-electron chi connectivity index (χ2n) is 5.72. The largest absolute Gasteiger partial charge is 0.462 e. The predicted molar refractivity (Wildman–Crippen MR) is 78.2 cm³/mol. The van der Waals surface area contributed by atoms with Crippen LogP contribution in [0.3, 0.4) is 0 Å². The van der Waals surface area contributed by atoms with E-state index in [0.717, 1.165) is 19.4 Å². The number of nitrogens with zero attached hydrogens (tertiary/aromatic N) is 3. The lowest BCUT2D eigenvalue weighted by Gasteiger charge is -2.19. The van der Waals surface area contributed by atoms with E-state index in [0.29, 0.717) is 16.6 Å². The first-order valence-corrected chi connectivity index (χ1v) is 7.33. The smallest absolute Gasteiger partial charge is 0.416 e. The third-order valence-corrected chi connectivity index (χ3v) is 4.06. The molecule has 1 atom stereocenters. The Labute approximate surface area is 133 Å². The summed E-state index contributed by atoms with van der Waals surface area (Å²) in [7, 11) is 1.95. The van der Waals surface area contributed by atoms with Crippen molar-refractivity contribution in [2.45, 2.75) is 25.1 Å². The molecule has 24 heavy (non-hydrogen) atoms. The summed E-state index contributed by atoms with van der Waals surface area (Å²) in [6, 6.07) is 0.945. The Balaban J connectivity index is 1.94. The van der Waals surface area contributed by atoms with Crippen molar-refractivity contribution in [1.29, 1.82) is 0 Å². The van der Waals surface area contributed by atoms with Gasteiger partial charge in [-0.1, -0.05) is 0 Å². The maximum absolute atomic E-state index is 12.7. The van der Waals surface area contributed by atoms with Crippen LogP contribution in [0.4, 0.5) is 13.2 Å². The third kappa shape index (κ3) is 3.14. The van der Waals surface area contributed by atoms with Crippen molar-refractivity contribution in [2.24, 2.45) is 0 Å². The Morgan fingerprint density at radius 3 is 2.75 bits per heavy atom. The summed E-state index contributed by atoms with van der Waals surface area (Å²) < 4.78 is 44.2. The highest BCUT2D eigenvalue weighted by Crippen LogP contribution is 2.28. The molecule has 7 nitrogen and oxygen atoms in total. The molecule has 0 unspecified atom stereocenters. The van der Waals surface area contributed by atoms with E-state index in [1.54, 1.807) is 0 Å². The summed E-state index contributed by atoms with van der Waals surface area (Å²) >= 11 is 0. The van der Waals surface area contributed by atoms with Gasteiger partial charge in [0.15, 0.2) is 0 Å². The van der Waals surface area contributed by atoms with E-state index < -0.39 is 28.4 Å². The van der Waals surface area contributed by atoms with Gasteiger partial charge in [0, 0.05) is 12.1 Å². The maximum Gasteiger partial charge on any atom is 0.416 e. The number of aromatic nitrogens is 3. The van der Waals surface area contributed by atoms with Gasteiger partial charge in [-0.2, -0.15) is 17.7 Å². The van der Waals surface area contributed by atoms with Gasteiger partial charge in [0.2, 0.25) is 0 Å². The fourth-order valence-corrected chi connectivity index (χ4v) is 2.70. The lowest BCUT2D eigenvalue weighted by molar-refractivity contribution is -0.137. The predicted octanol–water partition coefficient (Wildman–Crippen LogP) is 0.875. The summed E-state index contributed by atoms with van der Waals surface area (Å²) in [4.78, 5) is 28.2. The standard InChI is InChI=1S/C14H15F3N4O3/c1-20-4-2-3-9(20)7-24-13-18-12(23)10-5-8(14(15,16)17)6-11(22)21(10)19-13/h5-6,9H,2-4,7H2,1H3,(H,18,19,23)/t9-/m0/s1. The Morgan fingerprint density at radius 2 is 2.12 bits per heavy atom. The van der Waals surface area contributed by atoms with Gasteiger partial charge in [0.25, 0.3) is 11.1 Å². The van der Waals surface area contributed by atoms with Crippen molar-refractivity contribution >= 4 is 5.52 Å². The molecular weight excluding hydrogens is 329 g/mol. The van der Waals surface area contributed by atoms with E-state index in [1.165, 1.54) is 0 Å². The Kier molecular flexibility index (Phi) is 4.08. The van der Waals surface area contributed by atoms with Crippen LogP contribution in [0.2, 0.25) is 0 Å². The summed E-state index contributed by atoms with van der Waals surface area (Å²) in [5.41, 5.74) is -3.60. The van der Waals surface area contributed by atoms with Crippen LogP contribution in [0, 0.1) is 0 Å². The minimum Gasteiger partial charge on any atom is -0.462 e. The molecule has 10 heteroatoms. The van der Waals surface area contributed by atoms with E-state index in [-0.39, 0.29) is 18.7 Å². The maximum atomic E-state index is 12.7. The van der Waals surface area contributed by atoms with Crippen molar-refractivity contribution in [2.75, 3.05) is 20.2 Å². The first-order chi connectivity index (χ1) is 11.3. The van der Waals surface area contributed by atoms with Gasteiger partial charge in [-0.3, -0.25) is 14.6 Å². The van der Waals surface area contributed by atoms with Crippen LogP contribution in [-0.4, -0.2) is 45.7 Å². The minimum absolute atomic E-state index is 0.162. The first kappa shape index (κ1) is 16.5. The van der Waals surface area contributed by atoms with E-state index in [4.69, 9.17) is 4.74 Å². The van der Waals surface area contributed by atoms with Gasteiger partial charge in [-0.15, -0.1) is 5.10 Å². The number of likely N-dealkylation sites (tertiary alicyclic amines) is 1. The number of rotatable bonds is 3. The molecule has 0 saturated carbocycles. The van der Waals surface area contributed by atoms with Gasteiger partial charge in [-0.05, 0) is 32.5 Å². The topological polar surface area (TPSA) is 79.7 Å². The van der Waals surface area contributed by atoms with Gasteiger partial charge >= 0.3 is 12.2 Å². The molecule has 2 aromatic heterocycles. The number of likely N-dealkylation sites (N-methyl/N-ethyl adjacent to an activating group) is 1. The fourth-order valence-electron chi connectivity index (χ4n) is 2.70. The highest BCUT2D eigenvalue weighted by Gasteiger charge is 2.32. The summed E-state index contributed by atoms with van der Waals surface area (Å²) in [6.07, 6.45) is -2.75. The first-order valence-electron chi connectivity index (χ1n) is 7.33. The van der Waals surface area contributed by atoms with Crippen LogP contribution in [0.25, 0.3) is 5.52 Å². The molecule has 3 heterocycles. The lowest BCUT2D eigenvalue weighted by atomic mass is 10.2. The monoisotopic (exact) mass is 344 g/mol. The van der Waals surface area contributed by atoms with Crippen molar-refractivity contribution in [3.8, 4) is 6.01 Å². The quantitative estimate of drug-likeness (QED) is 0.894. The van der Waals surface area contributed by atoms with Crippen LogP contribution in [0.15, 0.2) is 21.7 Å². The van der Waals surface area contributed by atoms with Crippen LogP contribution in [0.5, 0.6) is 6.01 Å². The van der Waals surface area contributed by atoms with E-state index in [9.17, 15) is 22.8 Å². The van der Waals surface area contributed by atoms with Gasteiger partial charge < -0.3 is 9.64 Å². The molecule has 0 aromatic carbocycles. The normalized spacial score (nSPS) is 19.1. The van der Waals surface area contributed by atoms with Crippen LogP contribution in [0.1, 0.15) is 18.4 Å². The van der Waals surface area contributed by atoms with Crippen molar-refractivity contribution in [3.63, 3.8) is 0 Å². The molecule has 0 aliphatic carbocycles. The highest BCUT2D eigenvalue weighted by molar-refractivity contribution is 5.46. The molecule has 1 aliphatic rings. The highest BCUT2D eigenvalue weighted by atomic mass is 19.4. The van der Waals surface area contributed by atoms with E-state index >= 15 is 0 Å². The molecule has 1 fully saturated rings. The van der Waals surface area contributed by atoms with Crippen molar-refractivity contribution in [1.82, 2.24) is 19.5 Å². The second-order valence-corrected chi connectivity index (χ2v) is 5.72. The Hall–Kier alpha value is -2.36. The van der Waals surface area contributed by atoms with Crippen molar-refractivity contribution < 1.29 is 17.9 Å². The molecule has 3 rings (SSSR count). The minimum atomic E-state index is -4.72. The fraction of sp³-hybridized carbons (Fsp3) is 0.500. The number of hydrogen-bond donors (Lipinski definition) is 1. The zero-order valence-electron chi connectivity index (χ0n) is 12.8. The van der Waals surface area contributed by atoms with Gasteiger partial charge in [-0.25, -0.2) is 0 Å². The summed E-state index contributed by atoms with van der Waals surface area (Å²) in [6.45, 7) is 1.20. The molecule has 0 spiro atoms. The molecule has 0 radical (unpaired) electrons. The Morgan fingerprint density at radius 1 is 1.38 bits per heavy atom. The third-order valence-electron chi connectivity index (χ3n) is 4.06.